The van der Waals surface area contributed by atoms with Crippen LogP contribution in [-0.2, 0) is 16.1 Å². The largest absolute Gasteiger partial charge is 0.366 e. The summed E-state index contributed by atoms with van der Waals surface area (Å²) in [6.45, 7) is 0.310. The first-order valence-corrected chi connectivity index (χ1v) is 6.95. The van der Waals surface area contributed by atoms with Crippen molar-refractivity contribution in [2.45, 2.75) is 6.54 Å². The van der Waals surface area contributed by atoms with Crippen LogP contribution in [0.25, 0.3) is 0 Å². The number of nitrogens with two attached hydrogens (primary N) is 1. The molecule has 1 aromatic carbocycles. The lowest BCUT2D eigenvalue weighted by atomic mass is 10.2. The van der Waals surface area contributed by atoms with E-state index in [4.69, 9.17) is 5.73 Å². The molecule has 4 N–H and O–H groups in total. The van der Waals surface area contributed by atoms with Crippen LogP contribution in [0.15, 0.2) is 41.8 Å². The Morgan fingerprint density at radius 1 is 1.05 bits per heavy atom. The van der Waals surface area contributed by atoms with Gasteiger partial charge in [-0.1, -0.05) is 6.07 Å². The molecule has 1 aromatic heterocycles. The Balaban J connectivity index is 1.88. The Hall–Kier alpha value is -2.67. The number of carbonyl (C=O) groups is 3. The van der Waals surface area contributed by atoms with Crippen LogP contribution < -0.4 is 16.4 Å². The molecule has 0 unspecified atom stereocenters. The fourth-order valence-corrected chi connectivity index (χ4v) is 2.21. The Bertz CT molecular complexity index is 651. The number of amides is 3. The average molecular weight is 303 g/mol. The fourth-order valence-electron chi connectivity index (χ4n) is 1.57. The minimum Gasteiger partial charge on any atom is -0.366 e. The first-order chi connectivity index (χ1) is 10.1. The second-order valence-corrected chi connectivity index (χ2v) is 5.19. The van der Waals surface area contributed by atoms with E-state index in [0.29, 0.717) is 17.8 Å². The summed E-state index contributed by atoms with van der Waals surface area (Å²) >= 11 is 1.49. The van der Waals surface area contributed by atoms with Gasteiger partial charge in [0.05, 0.1) is 6.54 Å². The highest BCUT2D eigenvalue weighted by Gasteiger charge is 2.13. The summed E-state index contributed by atoms with van der Waals surface area (Å²) in [4.78, 5) is 35.2. The van der Waals surface area contributed by atoms with E-state index in [1.54, 1.807) is 0 Å². The van der Waals surface area contributed by atoms with Gasteiger partial charge in [-0.3, -0.25) is 14.4 Å². The van der Waals surface area contributed by atoms with Crippen LogP contribution in [-0.4, -0.2) is 17.7 Å². The molecule has 0 fully saturated rings. The van der Waals surface area contributed by atoms with Gasteiger partial charge in [0.25, 0.3) is 0 Å². The highest BCUT2D eigenvalue weighted by atomic mass is 32.1. The average Bonchev–Trinajstić information content (AvgIpc) is 2.98. The molecule has 0 radical (unpaired) electrons. The molecular weight excluding hydrogens is 290 g/mol. The van der Waals surface area contributed by atoms with E-state index >= 15 is 0 Å². The van der Waals surface area contributed by atoms with E-state index in [1.807, 2.05) is 17.5 Å². The maximum atomic E-state index is 11.7. The molecule has 0 aliphatic carbocycles. The lowest BCUT2D eigenvalue weighted by Crippen LogP contribution is -2.34. The third-order valence-electron chi connectivity index (χ3n) is 2.64. The van der Waals surface area contributed by atoms with Crippen LogP contribution in [0, 0.1) is 0 Å². The van der Waals surface area contributed by atoms with E-state index in [9.17, 15) is 14.4 Å². The van der Waals surface area contributed by atoms with Gasteiger partial charge < -0.3 is 16.4 Å². The van der Waals surface area contributed by atoms with Crippen molar-refractivity contribution in [1.82, 2.24) is 5.32 Å². The maximum Gasteiger partial charge on any atom is 0.313 e. The zero-order chi connectivity index (χ0) is 15.2. The number of benzene rings is 1. The van der Waals surface area contributed by atoms with Gasteiger partial charge in [0.1, 0.15) is 0 Å². The maximum absolute atomic E-state index is 11.7. The van der Waals surface area contributed by atoms with Crippen LogP contribution in [0.4, 0.5) is 5.69 Å². The number of hydrogen-bond acceptors (Lipinski definition) is 4. The van der Waals surface area contributed by atoms with Gasteiger partial charge in [0.15, 0.2) is 0 Å². The molecule has 0 spiro atoms. The van der Waals surface area contributed by atoms with Gasteiger partial charge in [-0.05, 0) is 35.7 Å². The first kappa shape index (κ1) is 14.7. The molecule has 21 heavy (non-hydrogen) atoms. The quantitative estimate of drug-likeness (QED) is 0.737. The summed E-state index contributed by atoms with van der Waals surface area (Å²) in [7, 11) is 0. The number of rotatable bonds is 4. The molecule has 0 saturated carbocycles. The van der Waals surface area contributed by atoms with Crippen LogP contribution >= 0.6 is 11.3 Å². The van der Waals surface area contributed by atoms with Crippen LogP contribution in [0.1, 0.15) is 15.2 Å². The lowest BCUT2D eigenvalue weighted by Gasteiger charge is -2.06. The molecule has 0 bridgehead atoms. The highest BCUT2D eigenvalue weighted by Crippen LogP contribution is 2.09. The predicted octanol–water partition coefficient (Wildman–Crippen LogP) is 1.10. The van der Waals surface area contributed by atoms with Crippen LogP contribution in [0.2, 0.25) is 0 Å². The Kier molecular flexibility index (Phi) is 4.68. The fraction of sp³-hybridized carbons (Fsp3) is 0.0714. The molecule has 1 heterocycles. The zero-order valence-electron chi connectivity index (χ0n) is 11.0. The summed E-state index contributed by atoms with van der Waals surface area (Å²) in [5.41, 5.74) is 5.85. The van der Waals surface area contributed by atoms with Crippen LogP contribution in [0.3, 0.4) is 0 Å². The van der Waals surface area contributed by atoms with E-state index in [2.05, 4.69) is 10.6 Å². The van der Waals surface area contributed by atoms with Crippen molar-refractivity contribution >= 4 is 34.7 Å². The molecule has 108 valence electrons. The Morgan fingerprint density at radius 2 is 1.76 bits per heavy atom. The minimum absolute atomic E-state index is 0.310. The molecule has 0 atom stereocenters. The first-order valence-electron chi connectivity index (χ1n) is 6.07. The molecule has 6 nitrogen and oxygen atoms in total. The normalized spacial score (nSPS) is 9.90. The van der Waals surface area contributed by atoms with Crippen molar-refractivity contribution in [2.75, 3.05) is 5.32 Å². The molecule has 0 saturated heterocycles. The number of nitrogens with one attached hydrogen (secondary N) is 2. The van der Waals surface area contributed by atoms with Crippen molar-refractivity contribution in [3.8, 4) is 0 Å². The highest BCUT2D eigenvalue weighted by molar-refractivity contribution is 7.09. The summed E-state index contributed by atoms with van der Waals surface area (Å²) in [6, 6.07) is 9.69. The summed E-state index contributed by atoms with van der Waals surface area (Å²) in [5, 5.41) is 6.85. The lowest BCUT2D eigenvalue weighted by molar-refractivity contribution is -0.136. The number of anilines is 1. The third-order valence-corrected chi connectivity index (χ3v) is 3.51. The summed E-state index contributed by atoms with van der Waals surface area (Å²) in [6.07, 6.45) is 0. The molecule has 0 aliphatic heterocycles. The molecule has 0 aliphatic rings. The number of primary amides is 1. The van der Waals surface area contributed by atoms with Crippen molar-refractivity contribution in [3.05, 3.63) is 52.2 Å². The van der Waals surface area contributed by atoms with E-state index in [0.717, 1.165) is 4.88 Å². The smallest absolute Gasteiger partial charge is 0.313 e. The molecule has 2 rings (SSSR count). The summed E-state index contributed by atoms with van der Waals surface area (Å²) in [5.74, 6) is -2.04. The monoisotopic (exact) mass is 303 g/mol. The standard InChI is InChI=1S/C14H13N3O3S/c15-12(18)9-3-5-10(6-4-9)17-14(20)13(19)16-8-11-2-1-7-21-11/h1-7H,8H2,(H2,15,18)(H,16,19)(H,17,20). The molecular formula is C14H13N3O3S. The van der Waals surface area contributed by atoms with E-state index in [-0.39, 0.29) is 0 Å². The third kappa shape index (κ3) is 4.15. The number of thiophene rings is 1. The van der Waals surface area contributed by atoms with Crippen molar-refractivity contribution in [1.29, 1.82) is 0 Å². The minimum atomic E-state index is -0.765. The SMILES string of the molecule is NC(=O)c1ccc(NC(=O)C(=O)NCc2cccs2)cc1. The topological polar surface area (TPSA) is 101 Å². The number of hydrogen-bond donors (Lipinski definition) is 3. The van der Waals surface area contributed by atoms with Gasteiger partial charge in [0.2, 0.25) is 5.91 Å². The van der Waals surface area contributed by atoms with Gasteiger partial charge in [-0.25, -0.2) is 0 Å². The predicted molar refractivity (Wildman–Crippen MR) is 79.8 cm³/mol. The summed E-state index contributed by atoms with van der Waals surface area (Å²) < 4.78 is 0. The molecule has 7 heteroatoms. The molecule has 3 amide bonds. The van der Waals surface area contributed by atoms with Crippen molar-refractivity contribution < 1.29 is 14.4 Å². The zero-order valence-corrected chi connectivity index (χ0v) is 11.8. The second-order valence-electron chi connectivity index (χ2n) is 4.16. The van der Waals surface area contributed by atoms with Gasteiger partial charge in [-0.15, -0.1) is 11.3 Å². The molecule has 2 aromatic rings. The van der Waals surface area contributed by atoms with E-state index in [1.165, 1.54) is 35.6 Å². The number of carbonyl (C=O) groups excluding carboxylic acids is 3. The Labute approximate surface area is 125 Å². The van der Waals surface area contributed by atoms with Gasteiger partial charge in [-0.2, -0.15) is 0 Å². The van der Waals surface area contributed by atoms with Crippen molar-refractivity contribution in [3.63, 3.8) is 0 Å². The van der Waals surface area contributed by atoms with E-state index < -0.39 is 17.7 Å². The Morgan fingerprint density at radius 3 is 2.33 bits per heavy atom. The van der Waals surface area contributed by atoms with Gasteiger partial charge >= 0.3 is 11.8 Å². The van der Waals surface area contributed by atoms with Crippen LogP contribution in [0.5, 0.6) is 0 Å². The van der Waals surface area contributed by atoms with Crippen molar-refractivity contribution in [2.24, 2.45) is 5.73 Å². The second kappa shape index (κ2) is 6.67. The van der Waals surface area contributed by atoms with Gasteiger partial charge in [0, 0.05) is 16.1 Å².